The highest BCUT2D eigenvalue weighted by Crippen LogP contribution is 2.30. The Morgan fingerprint density at radius 2 is 1.77 bits per heavy atom. The van der Waals surface area contributed by atoms with Crippen LogP contribution in [0.25, 0.3) is 22.0 Å². The Morgan fingerprint density at radius 3 is 2.54 bits per heavy atom. The van der Waals surface area contributed by atoms with Gasteiger partial charge in [-0.25, -0.2) is 0 Å². The molecule has 5 nitrogen and oxygen atoms in total. The van der Waals surface area contributed by atoms with Crippen molar-refractivity contribution in [2.24, 2.45) is 5.10 Å². The normalized spacial score (nSPS) is 11.3. The second kappa shape index (κ2) is 6.80. The summed E-state index contributed by atoms with van der Waals surface area (Å²) in [7, 11) is 0. The summed E-state index contributed by atoms with van der Waals surface area (Å²) in [6, 6.07) is 18.0. The maximum absolute atomic E-state index is 5.23. The van der Waals surface area contributed by atoms with Crippen molar-refractivity contribution in [1.82, 2.24) is 10.2 Å². The van der Waals surface area contributed by atoms with E-state index in [1.54, 1.807) is 12.5 Å². The highest BCUT2D eigenvalue weighted by atomic mass is 16.3. The summed E-state index contributed by atoms with van der Waals surface area (Å²) < 4.78 is 5.23. The zero-order valence-electron chi connectivity index (χ0n) is 14.6. The van der Waals surface area contributed by atoms with Crippen molar-refractivity contribution >= 4 is 22.8 Å². The minimum atomic E-state index is 0.607. The van der Waals surface area contributed by atoms with Gasteiger partial charge in [-0.1, -0.05) is 36.4 Å². The molecule has 0 radical (unpaired) electrons. The van der Waals surface area contributed by atoms with E-state index >= 15 is 0 Å². The van der Waals surface area contributed by atoms with E-state index in [1.165, 1.54) is 11.1 Å². The van der Waals surface area contributed by atoms with E-state index in [2.05, 4.69) is 58.8 Å². The molecule has 0 spiro atoms. The third kappa shape index (κ3) is 3.07. The molecule has 0 fully saturated rings. The smallest absolute Gasteiger partial charge is 0.176 e. The Morgan fingerprint density at radius 1 is 0.923 bits per heavy atom. The zero-order valence-corrected chi connectivity index (χ0v) is 14.6. The first-order valence-electron chi connectivity index (χ1n) is 8.38. The van der Waals surface area contributed by atoms with Gasteiger partial charge in [0.2, 0.25) is 0 Å². The van der Waals surface area contributed by atoms with Crippen LogP contribution in [0.2, 0.25) is 0 Å². The van der Waals surface area contributed by atoms with Crippen LogP contribution in [0, 0.1) is 13.8 Å². The number of benzene rings is 2. The van der Waals surface area contributed by atoms with E-state index in [4.69, 9.17) is 4.42 Å². The van der Waals surface area contributed by atoms with E-state index < -0.39 is 0 Å². The van der Waals surface area contributed by atoms with E-state index in [1.807, 2.05) is 30.3 Å². The molecule has 4 rings (SSSR count). The van der Waals surface area contributed by atoms with Gasteiger partial charge >= 0.3 is 0 Å². The molecule has 0 bridgehead atoms. The standard InChI is InChI=1S/C21H18N4O/c1-14-9-10-16(12-15(14)2)20-18-7-3-4-8-19(18)21(25-23-20)24-22-13-17-6-5-11-26-17/h3-13H,1-2H3,(H,24,25)/b22-13+. The summed E-state index contributed by atoms with van der Waals surface area (Å²) in [5.74, 6) is 1.28. The summed E-state index contributed by atoms with van der Waals surface area (Å²) in [4.78, 5) is 0. The summed E-state index contributed by atoms with van der Waals surface area (Å²) in [5.41, 5.74) is 7.38. The molecule has 26 heavy (non-hydrogen) atoms. The monoisotopic (exact) mass is 342 g/mol. The topological polar surface area (TPSA) is 63.3 Å². The molecule has 1 N–H and O–H groups in total. The second-order valence-corrected chi connectivity index (χ2v) is 6.13. The van der Waals surface area contributed by atoms with Crippen molar-refractivity contribution in [3.8, 4) is 11.3 Å². The molecular formula is C21H18N4O. The van der Waals surface area contributed by atoms with Crippen LogP contribution in [0.3, 0.4) is 0 Å². The van der Waals surface area contributed by atoms with Gasteiger partial charge in [0.25, 0.3) is 0 Å². The van der Waals surface area contributed by atoms with E-state index in [-0.39, 0.29) is 0 Å². The fourth-order valence-corrected chi connectivity index (χ4v) is 2.81. The molecule has 0 unspecified atom stereocenters. The number of aryl methyl sites for hydroxylation is 2. The average Bonchev–Trinajstić information content (AvgIpc) is 3.18. The Hall–Kier alpha value is -3.47. The summed E-state index contributed by atoms with van der Waals surface area (Å²) in [6.07, 6.45) is 3.21. The second-order valence-electron chi connectivity index (χ2n) is 6.13. The van der Waals surface area contributed by atoms with Crippen LogP contribution in [0.5, 0.6) is 0 Å². The van der Waals surface area contributed by atoms with Gasteiger partial charge in [-0.2, -0.15) is 5.10 Å². The molecule has 4 aromatic rings. The van der Waals surface area contributed by atoms with E-state index in [0.29, 0.717) is 11.6 Å². The van der Waals surface area contributed by atoms with Crippen molar-refractivity contribution in [1.29, 1.82) is 0 Å². The van der Waals surface area contributed by atoms with Gasteiger partial charge in [0, 0.05) is 16.3 Å². The van der Waals surface area contributed by atoms with Gasteiger partial charge in [-0.3, -0.25) is 5.43 Å². The molecule has 0 saturated carbocycles. The molecule has 2 aromatic carbocycles. The van der Waals surface area contributed by atoms with Gasteiger partial charge in [-0.05, 0) is 43.2 Å². The van der Waals surface area contributed by atoms with Crippen LogP contribution >= 0.6 is 0 Å². The Kier molecular flexibility index (Phi) is 4.19. The Bertz CT molecular complexity index is 1080. The van der Waals surface area contributed by atoms with Crippen LogP contribution in [0.1, 0.15) is 16.9 Å². The lowest BCUT2D eigenvalue weighted by Gasteiger charge is -2.10. The number of nitrogens with one attached hydrogen (secondary N) is 1. The Labute approximate surface area is 151 Å². The van der Waals surface area contributed by atoms with Gasteiger partial charge in [-0.15, -0.1) is 10.2 Å². The lowest BCUT2D eigenvalue weighted by molar-refractivity contribution is 0.560. The SMILES string of the molecule is Cc1ccc(-c2nnc(N/N=C/c3ccco3)c3ccccc23)cc1C. The number of rotatable bonds is 4. The molecule has 0 amide bonds. The fourth-order valence-electron chi connectivity index (χ4n) is 2.81. The predicted octanol–water partition coefficient (Wildman–Crippen LogP) is 4.95. The summed E-state index contributed by atoms with van der Waals surface area (Å²) in [6.45, 7) is 4.21. The van der Waals surface area contributed by atoms with Crippen molar-refractivity contribution in [2.45, 2.75) is 13.8 Å². The molecular weight excluding hydrogens is 324 g/mol. The maximum atomic E-state index is 5.23. The number of hydrazone groups is 1. The molecule has 0 aliphatic rings. The fraction of sp³-hybridized carbons (Fsp3) is 0.0952. The number of anilines is 1. The number of fused-ring (bicyclic) bond motifs is 1. The van der Waals surface area contributed by atoms with Crippen molar-refractivity contribution in [3.05, 3.63) is 77.7 Å². The van der Waals surface area contributed by atoms with Crippen molar-refractivity contribution < 1.29 is 4.42 Å². The van der Waals surface area contributed by atoms with Gasteiger partial charge in [0.05, 0.1) is 12.5 Å². The maximum Gasteiger partial charge on any atom is 0.176 e. The van der Waals surface area contributed by atoms with Crippen LogP contribution in [-0.4, -0.2) is 16.4 Å². The highest BCUT2D eigenvalue weighted by molar-refractivity contribution is 6.00. The minimum absolute atomic E-state index is 0.607. The van der Waals surface area contributed by atoms with Gasteiger partial charge in [0.1, 0.15) is 11.5 Å². The first kappa shape index (κ1) is 16.0. The number of furan rings is 1. The molecule has 0 saturated heterocycles. The lowest BCUT2D eigenvalue weighted by Crippen LogP contribution is -1.99. The number of hydrogen-bond acceptors (Lipinski definition) is 5. The third-order valence-corrected chi connectivity index (χ3v) is 4.37. The lowest BCUT2D eigenvalue weighted by atomic mass is 10.0. The quantitative estimate of drug-likeness (QED) is 0.421. The largest absolute Gasteiger partial charge is 0.463 e. The van der Waals surface area contributed by atoms with Crippen molar-refractivity contribution in [2.75, 3.05) is 5.43 Å². The average molecular weight is 342 g/mol. The minimum Gasteiger partial charge on any atom is -0.463 e. The predicted molar refractivity (Wildman–Crippen MR) is 104 cm³/mol. The first-order chi connectivity index (χ1) is 12.7. The third-order valence-electron chi connectivity index (χ3n) is 4.37. The van der Waals surface area contributed by atoms with Gasteiger partial charge in [0.15, 0.2) is 5.82 Å². The summed E-state index contributed by atoms with van der Waals surface area (Å²) >= 11 is 0. The van der Waals surface area contributed by atoms with E-state index in [0.717, 1.165) is 22.0 Å². The van der Waals surface area contributed by atoms with Gasteiger partial charge < -0.3 is 4.42 Å². The molecule has 0 aliphatic heterocycles. The van der Waals surface area contributed by atoms with Crippen LogP contribution in [-0.2, 0) is 0 Å². The molecule has 0 aliphatic carbocycles. The van der Waals surface area contributed by atoms with Crippen LogP contribution in [0.4, 0.5) is 5.82 Å². The van der Waals surface area contributed by atoms with E-state index in [9.17, 15) is 0 Å². The number of hydrogen-bond donors (Lipinski definition) is 1. The highest BCUT2D eigenvalue weighted by Gasteiger charge is 2.11. The van der Waals surface area contributed by atoms with Crippen LogP contribution in [0.15, 0.2) is 70.4 Å². The molecule has 2 aromatic heterocycles. The van der Waals surface area contributed by atoms with Crippen molar-refractivity contribution in [3.63, 3.8) is 0 Å². The first-order valence-corrected chi connectivity index (χ1v) is 8.38. The number of nitrogens with zero attached hydrogens (tertiary/aromatic N) is 3. The molecule has 128 valence electrons. The molecule has 2 heterocycles. The number of aromatic nitrogens is 2. The van der Waals surface area contributed by atoms with Crippen LogP contribution < -0.4 is 5.43 Å². The Balaban J connectivity index is 1.74. The summed E-state index contributed by atoms with van der Waals surface area (Å²) in [5, 5.41) is 15.0. The molecule has 0 atom stereocenters. The molecule has 5 heteroatoms. The zero-order chi connectivity index (χ0) is 17.9.